The van der Waals surface area contributed by atoms with E-state index in [1.54, 1.807) is 4.90 Å². The molecule has 2 unspecified atom stereocenters. The second kappa shape index (κ2) is 8.82. The fourth-order valence-corrected chi connectivity index (χ4v) is 2.86. The Labute approximate surface area is 121 Å². The van der Waals surface area contributed by atoms with Gasteiger partial charge < -0.3 is 15.3 Å². The highest BCUT2D eigenvalue weighted by molar-refractivity contribution is 5.76. The highest BCUT2D eigenvalue weighted by Crippen LogP contribution is 2.20. The van der Waals surface area contributed by atoms with Crippen LogP contribution in [0.15, 0.2) is 0 Å². The first kappa shape index (κ1) is 16.8. The molecule has 1 saturated heterocycles. The van der Waals surface area contributed by atoms with Gasteiger partial charge in [-0.25, -0.2) is 4.79 Å². The number of aliphatic carboxylic acids is 1. The number of carbonyl (C=O) groups is 2. The topological polar surface area (TPSA) is 69.6 Å². The monoisotopic (exact) mass is 284 g/mol. The zero-order valence-corrected chi connectivity index (χ0v) is 12.7. The molecule has 1 aliphatic heterocycles. The first-order chi connectivity index (χ1) is 9.58. The fourth-order valence-electron chi connectivity index (χ4n) is 2.86. The molecule has 0 bridgehead atoms. The van der Waals surface area contributed by atoms with Gasteiger partial charge in [-0.2, -0.15) is 0 Å². The van der Waals surface area contributed by atoms with Crippen LogP contribution in [-0.4, -0.2) is 40.6 Å². The Morgan fingerprint density at radius 3 is 2.65 bits per heavy atom. The van der Waals surface area contributed by atoms with Crippen molar-refractivity contribution in [3.05, 3.63) is 0 Å². The Morgan fingerprint density at radius 1 is 1.30 bits per heavy atom. The van der Waals surface area contributed by atoms with E-state index in [2.05, 4.69) is 19.2 Å². The van der Waals surface area contributed by atoms with Gasteiger partial charge in [0, 0.05) is 18.6 Å². The van der Waals surface area contributed by atoms with Crippen molar-refractivity contribution in [1.29, 1.82) is 0 Å². The molecule has 0 radical (unpaired) electrons. The number of carboxylic acids is 1. The van der Waals surface area contributed by atoms with E-state index in [1.165, 1.54) is 0 Å². The van der Waals surface area contributed by atoms with Crippen molar-refractivity contribution in [2.24, 2.45) is 0 Å². The van der Waals surface area contributed by atoms with Gasteiger partial charge in [0.25, 0.3) is 0 Å². The predicted octanol–water partition coefficient (Wildman–Crippen LogP) is 2.99. The molecule has 0 aromatic rings. The molecular weight excluding hydrogens is 256 g/mol. The number of likely N-dealkylation sites (tertiary alicyclic amines) is 1. The van der Waals surface area contributed by atoms with Crippen LogP contribution in [0.1, 0.15) is 65.2 Å². The lowest BCUT2D eigenvalue weighted by atomic mass is 10.1. The molecule has 1 rings (SSSR count). The van der Waals surface area contributed by atoms with Crippen molar-refractivity contribution in [2.45, 2.75) is 77.3 Å². The van der Waals surface area contributed by atoms with E-state index in [4.69, 9.17) is 5.11 Å². The maximum Gasteiger partial charge on any atom is 0.317 e. The summed E-state index contributed by atoms with van der Waals surface area (Å²) in [6, 6.07) is 0.00258. The molecule has 1 heterocycles. The van der Waals surface area contributed by atoms with Gasteiger partial charge in [0.05, 0.1) is 6.42 Å². The second-order valence-electron chi connectivity index (χ2n) is 5.66. The van der Waals surface area contributed by atoms with Crippen LogP contribution >= 0.6 is 0 Å². The van der Waals surface area contributed by atoms with E-state index in [-0.39, 0.29) is 24.5 Å². The van der Waals surface area contributed by atoms with Gasteiger partial charge in [-0.3, -0.25) is 4.79 Å². The summed E-state index contributed by atoms with van der Waals surface area (Å²) in [6.45, 7) is 4.94. The number of nitrogens with zero attached hydrogens (tertiary/aromatic N) is 1. The third kappa shape index (κ3) is 5.39. The van der Waals surface area contributed by atoms with Crippen LogP contribution in [-0.2, 0) is 4.79 Å². The molecule has 2 amide bonds. The second-order valence-corrected chi connectivity index (χ2v) is 5.66. The Morgan fingerprint density at radius 2 is 2.05 bits per heavy atom. The van der Waals surface area contributed by atoms with Crippen molar-refractivity contribution in [2.75, 3.05) is 6.54 Å². The van der Waals surface area contributed by atoms with Crippen molar-refractivity contribution in [1.82, 2.24) is 10.2 Å². The molecule has 1 fully saturated rings. The lowest BCUT2D eigenvalue weighted by Gasteiger charge is -2.27. The van der Waals surface area contributed by atoms with E-state index >= 15 is 0 Å². The SMILES string of the molecule is CCCCC(CCC)NC(=O)N1CCCC1CC(=O)O. The molecule has 0 spiro atoms. The standard InChI is InChI=1S/C15H28N2O3/c1-3-5-8-12(7-4-2)16-15(20)17-10-6-9-13(17)11-14(18)19/h12-13H,3-11H2,1-2H3,(H,16,20)(H,18,19). The molecule has 1 aliphatic rings. The fraction of sp³-hybridized carbons (Fsp3) is 0.867. The highest BCUT2D eigenvalue weighted by atomic mass is 16.4. The van der Waals surface area contributed by atoms with Crippen molar-refractivity contribution < 1.29 is 14.7 Å². The minimum Gasteiger partial charge on any atom is -0.481 e. The third-order valence-corrected chi connectivity index (χ3v) is 3.92. The molecule has 0 saturated carbocycles. The normalized spacial score (nSPS) is 19.9. The minimum atomic E-state index is -0.828. The Balaban J connectivity index is 2.51. The van der Waals surface area contributed by atoms with Gasteiger partial charge in [-0.05, 0) is 25.7 Å². The third-order valence-electron chi connectivity index (χ3n) is 3.92. The average Bonchev–Trinajstić information content (AvgIpc) is 2.83. The van der Waals surface area contributed by atoms with Crippen molar-refractivity contribution in [3.8, 4) is 0 Å². The lowest BCUT2D eigenvalue weighted by molar-refractivity contribution is -0.137. The number of unbranched alkanes of at least 4 members (excludes halogenated alkanes) is 1. The van der Waals surface area contributed by atoms with Gasteiger partial charge in [0.1, 0.15) is 0 Å². The van der Waals surface area contributed by atoms with E-state index in [1.807, 2.05) is 0 Å². The Bertz CT molecular complexity index is 320. The molecule has 116 valence electrons. The van der Waals surface area contributed by atoms with Crippen molar-refractivity contribution in [3.63, 3.8) is 0 Å². The van der Waals surface area contributed by atoms with E-state index in [0.29, 0.717) is 6.54 Å². The number of urea groups is 1. The minimum absolute atomic E-state index is 0.0564. The van der Waals surface area contributed by atoms with Gasteiger partial charge >= 0.3 is 12.0 Å². The van der Waals surface area contributed by atoms with E-state index in [0.717, 1.165) is 44.9 Å². The number of carboxylic acid groups (broad SMARTS) is 1. The largest absolute Gasteiger partial charge is 0.481 e. The molecule has 0 aromatic carbocycles. The first-order valence-electron chi connectivity index (χ1n) is 7.87. The van der Waals surface area contributed by atoms with Gasteiger partial charge in [0.15, 0.2) is 0 Å². The number of hydrogen-bond donors (Lipinski definition) is 2. The summed E-state index contributed by atoms with van der Waals surface area (Å²) in [4.78, 5) is 24.8. The Kier molecular flexibility index (Phi) is 7.41. The molecule has 2 N–H and O–H groups in total. The van der Waals surface area contributed by atoms with E-state index < -0.39 is 5.97 Å². The number of carbonyl (C=O) groups excluding carboxylic acids is 1. The molecule has 20 heavy (non-hydrogen) atoms. The molecule has 0 aromatic heterocycles. The molecular formula is C15H28N2O3. The number of amides is 2. The van der Waals surface area contributed by atoms with Crippen LogP contribution in [0, 0.1) is 0 Å². The highest BCUT2D eigenvalue weighted by Gasteiger charge is 2.31. The summed E-state index contributed by atoms with van der Waals surface area (Å²) in [7, 11) is 0. The summed E-state index contributed by atoms with van der Waals surface area (Å²) in [5, 5.41) is 12.0. The maximum atomic E-state index is 12.3. The summed E-state index contributed by atoms with van der Waals surface area (Å²) in [5.41, 5.74) is 0. The van der Waals surface area contributed by atoms with Crippen LogP contribution in [0.4, 0.5) is 4.79 Å². The molecule has 2 atom stereocenters. The summed E-state index contributed by atoms with van der Waals surface area (Å²) < 4.78 is 0. The van der Waals surface area contributed by atoms with Crippen LogP contribution in [0.5, 0.6) is 0 Å². The zero-order chi connectivity index (χ0) is 15.0. The zero-order valence-electron chi connectivity index (χ0n) is 12.7. The average molecular weight is 284 g/mol. The van der Waals surface area contributed by atoms with Crippen LogP contribution in [0.2, 0.25) is 0 Å². The smallest absolute Gasteiger partial charge is 0.317 e. The first-order valence-corrected chi connectivity index (χ1v) is 7.87. The van der Waals surface area contributed by atoms with E-state index in [9.17, 15) is 9.59 Å². The molecule has 0 aliphatic carbocycles. The van der Waals surface area contributed by atoms with Gasteiger partial charge in [-0.15, -0.1) is 0 Å². The molecule has 5 heteroatoms. The quantitative estimate of drug-likeness (QED) is 0.720. The predicted molar refractivity (Wildman–Crippen MR) is 78.7 cm³/mol. The van der Waals surface area contributed by atoms with Crippen LogP contribution in [0.3, 0.4) is 0 Å². The lowest BCUT2D eigenvalue weighted by Crippen LogP contribution is -2.47. The number of rotatable bonds is 8. The van der Waals surface area contributed by atoms with Crippen molar-refractivity contribution >= 4 is 12.0 Å². The number of nitrogens with one attached hydrogen (secondary N) is 1. The number of hydrogen-bond acceptors (Lipinski definition) is 2. The Hall–Kier alpha value is -1.26. The summed E-state index contributed by atoms with van der Waals surface area (Å²) >= 11 is 0. The molecule has 5 nitrogen and oxygen atoms in total. The summed E-state index contributed by atoms with van der Waals surface area (Å²) in [5.74, 6) is -0.828. The van der Waals surface area contributed by atoms with Gasteiger partial charge in [0.2, 0.25) is 0 Å². The van der Waals surface area contributed by atoms with Crippen LogP contribution in [0.25, 0.3) is 0 Å². The van der Waals surface area contributed by atoms with Gasteiger partial charge in [-0.1, -0.05) is 33.1 Å². The summed E-state index contributed by atoms with van der Waals surface area (Å²) in [6.07, 6.45) is 7.04. The van der Waals surface area contributed by atoms with Crippen LogP contribution < -0.4 is 5.32 Å². The maximum absolute atomic E-state index is 12.3.